The zero-order valence-electron chi connectivity index (χ0n) is 20.2. The number of rotatable bonds is 7. The number of anilines is 1. The number of alkyl halides is 3. The lowest BCUT2D eigenvalue weighted by Gasteiger charge is -2.14. The molecule has 36 heavy (non-hydrogen) atoms. The van der Waals surface area contributed by atoms with Crippen molar-refractivity contribution in [1.82, 2.24) is 19.7 Å². The number of oxazole rings is 1. The van der Waals surface area contributed by atoms with E-state index >= 15 is 0 Å². The molecule has 1 atom stereocenters. The maximum absolute atomic E-state index is 12.8. The lowest BCUT2D eigenvalue weighted by molar-refractivity contribution is -0.137. The summed E-state index contributed by atoms with van der Waals surface area (Å²) in [5, 5.41) is 12.8. The Hall–Kier alpha value is -3.01. The molecule has 2 aromatic carbocycles. The van der Waals surface area contributed by atoms with Crippen LogP contribution in [0, 0.1) is 5.92 Å². The zero-order valence-corrected chi connectivity index (χ0v) is 21.0. The number of hydrogen-bond donors (Lipinski definition) is 1. The van der Waals surface area contributed by atoms with E-state index in [2.05, 4.69) is 32.6 Å². The van der Waals surface area contributed by atoms with Crippen molar-refractivity contribution in [1.29, 1.82) is 0 Å². The van der Waals surface area contributed by atoms with E-state index in [1.807, 2.05) is 18.5 Å². The Morgan fingerprint density at radius 2 is 1.97 bits per heavy atom. The van der Waals surface area contributed by atoms with E-state index in [0.29, 0.717) is 17.3 Å². The molecule has 190 valence electrons. The van der Waals surface area contributed by atoms with Crippen LogP contribution in [0.5, 0.6) is 0 Å². The quantitative estimate of drug-likeness (QED) is 0.217. The van der Waals surface area contributed by atoms with Gasteiger partial charge in [0.25, 0.3) is 0 Å². The van der Waals surface area contributed by atoms with Crippen molar-refractivity contribution in [2.75, 3.05) is 17.6 Å². The normalized spacial score (nSPS) is 16.1. The van der Waals surface area contributed by atoms with Crippen LogP contribution in [0.15, 0.2) is 46.0 Å². The standard InChI is InChI=1S/C26H28F3N5OS/c1-3-23-31-21-13-18-7-6-16(15-30-20(18)14-22(21)35-23)5-4-12-36-25-33-32-24(34(25)2)17-8-10-19(11-9-17)26(27,28)29/h8-11,13-14,16,30H,3-7,12,15H2,1-2H3. The summed E-state index contributed by atoms with van der Waals surface area (Å²) in [5.74, 6) is 2.81. The van der Waals surface area contributed by atoms with Gasteiger partial charge in [0.15, 0.2) is 22.5 Å². The molecule has 1 unspecified atom stereocenters. The van der Waals surface area contributed by atoms with E-state index in [4.69, 9.17) is 4.42 Å². The van der Waals surface area contributed by atoms with E-state index in [9.17, 15) is 13.2 Å². The SMILES string of the molecule is CCc1nc2cc3c(cc2o1)NCC(CCCSc1nnc(-c2ccc(C(F)(F)F)cc2)n1C)CC3. The Morgan fingerprint density at radius 3 is 2.72 bits per heavy atom. The first-order valence-corrected chi connectivity index (χ1v) is 13.2. The number of benzene rings is 2. The van der Waals surface area contributed by atoms with Gasteiger partial charge in [0.05, 0.1) is 5.56 Å². The highest BCUT2D eigenvalue weighted by molar-refractivity contribution is 7.99. The van der Waals surface area contributed by atoms with Crippen LogP contribution in [0.1, 0.15) is 43.2 Å². The van der Waals surface area contributed by atoms with Crippen LogP contribution in [0.4, 0.5) is 18.9 Å². The molecule has 0 saturated heterocycles. The van der Waals surface area contributed by atoms with Crippen molar-refractivity contribution in [3.63, 3.8) is 0 Å². The molecule has 0 radical (unpaired) electrons. The van der Waals surface area contributed by atoms with Gasteiger partial charge in [-0.25, -0.2) is 4.98 Å². The highest BCUT2D eigenvalue weighted by Gasteiger charge is 2.30. The molecule has 0 fully saturated rings. The topological polar surface area (TPSA) is 68.8 Å². The summed E-state index contributed by atoms with van der Waals surface area (Å²) < 4.78 is 46.1. The highest BCUT2D eigenvalue weighted by Crippen LogP contribution is 2.33. The molecule has 0 saturated carbocycles. The van der Waals surface area contributed by atoms with Gasteiger partial charge < -0.3 is 14.3 Å². The summed E-state index contributed by atoms with van der Waals surface area (Å²) in [6.07, 6.45) is 0.723. The van der Waals surface area contributed by atoms with E-state index in [-0.39, 0.29) is 0 Å². The van der Waals surface area contributed by atoms with Gasteiger partial charge in [0, 0.05) is 43.1 Å². The molecule has 1 aliphatic heterocycles. The highest BCUT2D eigenvalue weighted by atomic mass is 32.2. The van der Waals surface area contributed by atoms with Gasteiger partial charge in [0.1, 0.15) is 5.52 Å². The molecule has 4 aromatic rings. The van der Waals surface area contributed by atoms with Crippen molar-refractivity contribution < 1.29 is 17.6 Å². The molecule has 2 aromatic heterocycles. The van der Waals surface area contributed by atoms with Gasteiger partial charge in [-0.1, -0.05) is 30.8 Å². The second kappa shape index (κ2) is 10.2. The zero-order chi connectivity index (χ0) is 25.3. The third-order valence-electron chi connectivity index (χ3n) is 6.66. The molecule has 0 amide bonds. The fraction of sp³-hybridized carbons (Fsp3) is 0.423. The molecule has 1 aliphatic rings. The third-order valence-corrected chi connectivity index (χ3v) is 7.76. The maximum atomic E-state index is 12.8. The number of fused-ring (bicyclic) bond motifs is 2. The first kappa shape index (κ1) is 24.7. The summed E-state index contributed by atoms with van der Waals surface area (Å²) in [7, 11) is 1.84. The molecule has 1 N–H and O–H groups in total. The van der Waals surface area contributed by atoms with E-state index in [0.717, 1.165) is 84.4 Å². The Kier molecular flexibility index (Phi) is 6.96. The van der Waals surface area contributed by atoms with Crippen molar-refractivity contribution >= 4 is 28.5 Å². The van der Waals surface area contributed by atoms with Crippen LogP contribution in [0.25, 0.3) is 22.5 Å². The fourth-order valence-corrected chi connectivity index (χ4v) is 5.46. The van der Waals surface area contributed by atoms with Crippen LogP contribution < -0.4 is 5.32 Å². The number of hydrogen-bond acceptors (Lipinski definition) is 6. The van der Waals surface area contributed by atoms with Crippen LogP contribution in [-0.2, 0) is 26.1 Å². The van der Waals surface area contributed by atoms with E-state index in [1.165, 1.54) is 17.7 Å². The molecule has 0 bridgehead atoms. The lowest BCUT2D eigenvalue weighted by Crippen LogP contribution is -2.12. The Labute approximate surface area is 211 Å². The Morgan fingerprint density at radius 1 is 1.17 bits per heavy atom. The smallest absolute Gasteiger partial charge is 0.416 e. The summed E-state index contributed by atoms with van der Waals surface area (Å²) in [5.41, 5.74) is 4.16. The minimum absolute atomic E-state index is 0.559. The molecule has 6 nitrogen and oxygen atoms in total. The monoisotopic (exact) mass is 515 g/mol. The number of nitrogens with zero attached hydrogens (tertiary/aromatic N) is 4. The second-order valence-corrected chi connectivity index (χ2v) is 10.2. The van der Waals surface area contributed by atoms with Gasteiger partial charge in [-0.15, -0.1) is 10.2 Å². The average molecular weight is 516 g/mol. The minimum atomic E-state index is -4.35. The lowest BCUT2D eigenvalue weighted by atomic mass is 9.97. The van der Waals surface area contributed by atoms with Gasteiger partial charge in [-0.05, 0) is 55.4 Å². The molecule has 10 heteroatoms. The third kappa shape index (κ3) is 5.23. The largest absolute Gasteiger partial charge is 0.441 e. The number of halogens is 3. The van der Waals surface area contributed by atoms with Gasteiger partial charge >= 0.3 is 6.18 Å². The number of nitrogens with one attached hydrogen (secondary N) is 1. The van der Waals surface area contributed by atoms with Gasteiger partial charge in [0.2, 0.25) is 0 Å². The van der Waals surface area contributed by atoms with E-state index < -0.39 is 11.7 Å². The molecule has 3 heterocycles. The van der Waals surface area contributed by atoms with Crippen molar-refractivity contribution in [2.24, 2.45) is 13.0 Å². The summed E-state index contributed by atoms with van der Waals surface area (Å²) in [4.78, 5) is 4.56. The van der Waals surface area contributed by atoms with E-state index in [1.54, 1.807) is 11.8 Å². The Bertz CT molecular complexity index is 1300. The summed E-state index contributed by atoms with van der Waals surface area (Å²) in [6, 6.07) is 9.26. The first-order valence-electron chi connectivity index (χ1n) is 12.2. The molecule has 0 aliphatic carbocycles. The molecule has 5 rings (SSSR count). The van der Waals surface area contributed by atoms with Gasteiger partial charge in [-0.3, -0.25) is 0 Å². The maximum Gasteiger partial charge on any atom is 0.416 e. The second-order valence-electron chi connectivity index (χ2n) is 9.15. The van der Waals surface area contributed by atoms with Crippen molar-refractivity contribution in [3.05, 3.63) is 53.4 Å². The van der Waals surface area contributed by atoms with Gasteiger partial charge in [-0.2, -0.15) is 13.2 Å². The number of thioether (sulfide) groups is 1. The van der Waals surface area contributed by atoms with Crippen LogP contribution in [-0.4, -0.2) is 32.0 Å². The Balaban J connectivity index is 1.13. The van der Waals surface area contributed by atoms with Crippen LogP contribution >= 0.6 is 11.8 Å². The number of aryl methyl sites for hydroxylation is 2. The van der Waals surface area contributed by atoms with Crippen LogP contribution in [0.3, 0.4) is 0 Å². The van der Waals surface area contributed by atoms with Crippen molar-refractivity contribution in [3.8, 4) is 11.4 Å². The summed E-state index contributed by atoms with van der Waals surface area (Å²) in [6.45, 7) is 2.97. The van der Waals surface area contributed by atoms with Crippen molar-refractivity contribution in [2.45, 2.75) is 50.4 Å². The number of aromatic nitrogens is 4. The minimum Gasteiger partial charge on any atom is -0.441 e. The molecular weight excluding hydrogens is 487 g/mol. The summed E-state index contributed by atoms with van der Waals surface area (Å²) >= 11 is 1.63. The first-order chi connectivity index (χ1) is 17.3. The molecular formula is C26H28F3N5OS. The van der Waals surface area contributed by atoms with Crippen LogP contribution in [0.2, 0.25) is 0 Å². The fourth-order valence-electron chi connectivity index (χ4n) is 4.59. The predicted molar refractivity (Wildman–Crippen MR) is 135 cm³/mol. The molecule has 0 spiro atoms. The predicted octanol–water partition coefficient (Wildman–Crippen LogP) is 6.75. The average Bonchev–Trinajstić information content (AvgIpc) is 3.37.